The molecule has 2 saturated heterocycles. The van der Waals surface area contributed by atoms with Crippen LogP contribution in [0.2, 0.25) is 0 Å². The Labute approximate surface area is 179 Å². The van der Waals surface area contributed by atoms with Gasteiger partial charge in [0, 0.05) is 44.8 Å². The third-order valence-corrected chi connectivity index (χ3v) is 6.72. The predicted molar refractivity (Wildman–Crippen MR) is 115 cm³/mol. The summed E-state index contributed by atoms with van der Waals surface area (Å²) in [5.74, 6) is 1.79. The second kappa shape index (κ2) is 10.3. The number of nitrogens with zero attached hydrogens (tertiary/aromatic N) is 2. The molecule has 0 aromatic heterocycles. The maximum atomic E-state index is 12.8. The van der Waals surface area contributed by atoms with E-state index in [9.17, 15) is 9.59 Å². The first kappa shape index (κ1) is 21.2. The third-order valence-electron chi connectivity index (χ3n) is 6.72. The van der Waals surface area contributed by atoms with Crippen LogP contribution in [0.4, 0.5) is 0 Å². The fraction of sp³-hybridized carbons (Fsp3) is 0.667. The average molecular weight is 415 g/mol. The van der Waals surface area contributed by atoms with Crippen molar-refractivity contribution in [3.05, 3.63) is 29.8 Å². The molecule has 6 heteroatoms. The molecule has 0 N–H and O–H groups in total. The normalized spacial score (nSPS) is 22.5. The lowest BCUT2D eigenvalue weighted by atomic mass is 10.0. The van der Waals surface area contributed by atoms with Crippen LogP contribution in [0, 0.1) is 5.92 Å². The van der Waals surface area contributed by atoms with Gasteiger partial charge in [0.1, 0.15) is 12.4 Å². The van der Waals surface area contributed by atoms with E-state index in [1.807, 2.05) is 34.1 Å². The molecule has 0 bridgehead atoms. The first-order chi connectivity index (χ1) is 14.7. The first-order valence-electron chi connectivity index (χ1n) is 11.6. The van der Waals surface area contributed by atoms with E-state index < -0.39 is 0 Å². The molecule has 3 fully saturated rings. The number of piperazine rings is 1. The monoisotopic (exact) mass is 414 g/mol. The first-order valence-corrected chi connectivity index (χ1v) is 11.6. The second-order valence-electron chi connectivity index (χ2n) is 8.83. The van der Waals surface area contributed by atoms with Crippen LogP contribution in [0.25, 0.3) is 0 Å². The van der Waals surface area contributed by atoms with Crippen molar-refractivity contribution in [3.63, 3.8) is 0 Å². The summed E-state index contributed by atoms with van der Waals surface area (Å²) in [6, 6.07) is 7.36. The van der Waals surface area contributed by atoms with E-state index in [0.717, 1.165) is 37.5 Å². The highest BCUT2D eigenvalue weighted by Gasteiger charge is 2.26. The quantitative estimate of drug-likeness (QED) is 0.685. The molecule has 0 radical (unpaired) electrons. The van der Waals surface area contributed by atoms with E-state index in [-0.39, 0.29) is 17.9 Å². The van der Waals surface area contributed by atoms with Gasteiger partial charge in [-0.25, -0.2) is 0 Å². The van der Waals surface area contributed by atoms with E-state index in [1.54, 1.807) is 0 Å². The largest absolute Gasteiger partial charge is 0.491 e. The number of carbonyl (C=O) groups excluding carboxylic acids is 2. The summed E-state index contributed by atoms with van der Waals surface area (Å²) in [5, 5.41) is 0. The number of hydrogen-bond donors (Lipinski definition) is 0. The SMILES string of the molecule is O=C(CCC1CCCC1)N1CCN(C(=O)c2ccc(OCC3CCCO3)cc2)CC1. The smallest absolute Gasteiger partial charge is 0.253 e. The predicted octanol–water partition coefficient (Wildman–Crippen LogP) is 3.50. The lowest BCUT2D eigenvalue weighted by Gasteiger charge is -2.35. The number of ether oxygens (including phenoxy) is 2. The van der Waals surface area contributed by atoms with Gasteiger partial charge in [0.2, 0.25) is 5.91 Å². The van der Waals surface area contributed by atoms with Crippen molar-refractivity contribution in [2.24, 2.45) is 5.92 Å². The maximum absolute atomic E-state index is 12.8. The van der Waals surface area contributed by atoms with Crippen molar-refractivity contribution in [1.82, 2.24) is 9.80 Å². The van der Waals surface area contributed by atoms with Gasteiger partial charge in [-0.1, -0.05) is 25.7 Å². The molecule has 30 heavy (non-hydrogen) atoms. The second-order valence-corrected chi connectivity index (χ2v) is 8.83. The zero-order chi connectivity index (χ0) is 20.8. The van der Waals surface area contributed by atoms with Gasteiger partial charge in [-0.3, -0.25) is 9.59 Å². The van der Waals surface area contributed by atoms with Crippen LogP contribution in [0.1, 0.15) is 61.7 Å². The summed E-state index contributed by atoms with van der Waals surface area (Å²) in [7, 11) is 0. The van der Waals surface area contributed by atoms with E-state index in [2.05, 4.69) is 0 Å². The van der Waals surface area contributed by atoms with E-state index in [4.69, 9.17) is 9.47 Å². The summed E-state index contributed by atoms with van der Waals surface area (Å²) < 4.78 is 11.3. The summed E-state index contributed by atoms with van der Waals surface area (Å²) in [6.07, 6.45) is 9.23. The minimum absolute atomic E-state index is 0.0266. The third kappa shape index (κ3) is 5.54. The molecular formula is C24H34N2O4. The molecule has 0 spiro atoms. The minimum Gasteiger partial charge on any atom is -0.491 e. The Morgan fingerprint density at radius 1 is 0.933 bits per heavy atom. The molecule has 2 amide bonds. The standard InChI is InChI=1S/C24H34N2O4/c27-23(12-7-19-4-1-2-5-19)25-13-15-26(16-14-25)24(28)20-8-10-21(11-9-20)30-18-22-6-3-17-29-22/h8-11,19,22H,1-7,12-18H2. The molecule has 1 unspecified atom stereocenters. The lowest BCUT2D eigenvalue weighted by molar-refractivity contribution is -0.133. The Morgan fingerprint density at radius 3 is 2.30 bits per heavy atom. The van der Waals surface area contributed by atoms with Crippen LogP contribution in [0.15, 0.2) is 24.3 Å². The Hall–Kier alpha value is -2.08. The Balaban J connectivity index is 1.20. The molecule has 4 rings (SSSR count). The molecule has 2 aliphatic heterocycles. The number of amides is 2. The summed E-state index contributed by atoms with van der Waals surface area (Å²) >= 11 is 0. The number of benzene rings is 1. The molecule has 1 aliphatic carbocycles. The van der Waals surface area contributed by atoms with E-state index in [1.165, 1.54) is 25.7 Å². The molecule has 1 aromatic carbocycles. The van der Waals surface area contributed by atoms with Crippen LogP contribution < -0.4 is 4.74 Å². The van der Waals surface area contributed by atoms with Gasteiger partial charge in [-0.05, 0) is 49.4 Å². The molecule has 1 saturated carbocycles. The zero-order valence-corrected chi connectivity index (χ0v) is 17.9. The summed E-state index contributed by atoms with van der Waals surface area (Å²) in [4.78, 5) is 29.1. The van der Waals surface area contributed by atoms with Crippen LogP contribution in [0.5, 0.6) is 5.75 Å². The van der Waals surface area contributed by atoms with Gasteiger partial charge in [-0.2, -0.15) is 0 Å². The van der Waals surface area contributed by atoms with Gasteiger partial charge < -0.3 is 19.3 Å². The van der Waals surface area contributed by atoms with Gasteiger partial charge in [0.05, 0.1) is 6.10 Å². The molecular weight excluding hydrogens is 380 g/mol. The highest BCUT2D eigenvalue weighted by molar-refractivity contribution is 5.94. The van der Waals surface area contributed by atoms with Crippen LogP contribution in [-0.2, 0) is 9.53 Å². The Morgan fingerprint density at radius 2 is 1.63 bits per heavy atom. The van der Waals surface area contributed by atoms with Crippen LogP contribution in [-0.4, -0.2) is 67.1 Å². The topological polar surface area (TPSA) is 59.1 Å². The van der Waals surface area contributed by atoms with E-state index in [0.29, 0.717) is 44.8 Å². The number of carbonyl (C=O) groups is 2. The highest BCUT2D eigenvalue weighted by Crippen LogP contribution is 2.28. The van der Waals surface area contributed by atoms with Gasteiger partial charge >= 0.3 is 0 Å². The van der Waals surface area contributed by atoms with Gasteiger partial charge in [-0.15, -0.1) is 0 Å². The van der Waals surface area contributed by atoms with Crippen LogP contribution in [0.3, 0.4) is 0 Å². The van der Waals surface area contributed by atoms with E-state index >= 15 is 0 Å². The Bertz CT molecular complexity index is 700. The number of rotatable bonds is 7. The van der Waals surface area contributed by atoms with Crippen molar-refractivity contribution in [1.29, 1.82) is 0 Å². The molecule has 6 nitrogen and oxygen atoms in total. The molecule has 1 atom stereocenters. The Kier molecular flexibility index (Phi) is 7.26. The van der Waals surface area contributed by atoms with Crippen molar-refractivity contribution in [2.45, 2.75) is 57.5 Å². The molecule has 3 aliphatic rings. The molecule has 164 valence electrons. The van der Waals surface area contributed by atoms with Crippen molar-refractivity contribution >= 4 is 11.8 Å². The molecule has 1 aromatic rings. The van der Waals surface area contributed by atoms with Crippen molar-refractivity contribution in [2.75, 3.05) is 39.4 Å². The zero-order valence-electron chi connectivity index (χ0n) is 17.9. The van der Waals surface area contributed by atoms with Crippen molar-refractivity contribution in [3.8, 4) is 5.75 Å². The van der Waals surface area contributed by atoms with Gasteiger partial charge in [0.15, 0.2) is 0 Å². The fourth-order valence-corrected chi connectivity index (χ4v) is 4.78. The van der Waals surface area contributed by atoms with Crippen molar-refractivity contribution < 1.29 is 19.1 Å². The molecule has 2 heterocycles. The number of hydrogen-bond acceptors (Lipinski definition) is 4. The lowest BCUT2D eigenvalue weighted by Crippen LogP contribution is -2.50. The average Bonchev–Trinajstić information content (AvgIpc) is 3.50. The minimum atomic E-state index is 0.0266. The fourth-order valence-electron chi connectivity index (χ4n) is 4.78. The maximum Gasteiger partial charge on any atom is 0.253 e. The summed E-state index contributed by atoms with van der Waals surface area (Å²) in [6.45, 7) is 3.86. The van der Waals surface area contributed by atoms with Gasteiger partial charge in [0.25, 0.3) is 5.91 Å². The highest BCUT2D eigenvalue weighted by atomic mass is 16.5. The summed E-state index contributed by atoms with van der Waals surface area (Å²) in [5.41, 5.74) is 0.667. The van der Waals surface area contributed by atoms with Crippen LogP contribution >= 0.6 is 0 Å².